The maximum Gasteiger partial charge on any atom is 0.423 e. The molecule has 0 aliphatic rings. The van der Waals surface area contributed by atoms with Crippen LogP contribution in [0.5, 0.6) is 0 Å². The number of nitro groups is 1. The number of nitriles is 1. The van der Waals surface area contributed by atoms with E-state index in [2.05, 4.69) is 0 Å². The van der Waals surface area contributed by atoms with Crippen LogP contribution in [0.4, 0.5) is 18.9 Å². The molecule has 0 aliphatic carbocycles. The van der Waals surface area contributed by atoms with E-state index in [-0.39, 0.29) is 12.1 Å². The fraction of sp³-hybridized carbons (Fsp3) is 0.125. The van der Waals surface area contributed by atoms with Crippen LogP contribution in [0.1, 0.15) is 11.1 Å². The normalized spacial score (nSPS) is 11.9. The summed E-state index contributed by atoms with van der Waals surface area (Å²) in [4.78, 5) is 8.08. The summed E-state index contributed by atoms with van der Waals surface area (Å²) < 4.78 is 59.8. The van der Waals surface area contributed by atoms with Crippen molar-refractivity contribution in [1.82, 2.24) is 0 Å². The monoisotopic (exact) mass is 314 g/mol. The molecule has 0 N–H and O–H groups in total. The van der Waals surface area contributed by atoms with Crippen LogP contribution >= 0.6 is 10.7 Å². The quantitative estimate of drug-likeness (QED) is 0.474. The van der Waals surface area contributed by atoms with Crippen molar-refractivity contribution in [2.75, 3.05) is 0 Å². The molecule has 1 rings (SSSR count). The summed E-state index contributed by atoms with van der Waals surface area (Å²) in [5.41, 5.74) is -4.14. The second kappa shape index (κ2) is 4.67. The third-order valence-corrected chi connectivity index (χ3v) is 3.34. The number of benzene rings is 1. The van der Waals surface area contributed by atoms with Gasteiger partial charge >= 0.3 is 6.18 Å². The molecule has 0 atom stereocenters. The summed E-state index contributed by atoms with van der Waals surface area (Å²) in [6.45, 7) is 0. The van der Waals surface area contributed by atoms with Gasteiger partial charge in [0.05, 0.1) is 10.5 Å². The Labute approximate surface area is 108 Å². The van der Waals surface area contributed by atoms with Crippen molar-refractivity contribution >= 4 is 25.4 Å². The zero-order valence-corrected chi connectivity index (χ0v) is 10.2. The average molecular weight is 315 g/mol. The first kappa shape index (κ1) is 15.2. The minimum Gasteiger partial charge on any atom is -0.258 e. The number of nitrogens with zero attached hydrogens (tertiary/aromatic N) is 2. The zero-order valence-electron chi connectivity index (χ0n) is 8.60. The van der Waals surface area contributed by atoms with Crippen LogP contribution in [0.2, 0.25) is 0 Å². The van der Waals surface area contributed by atoms with Crippen molar-refractivity contribution in [3.8, 4) is 6.07 Å². The molecule has 0 radical (unpaired) electrons. The van der Waals surface area contributed by atoms with Gasteiger partial charge in [0.2, 0.25) is 0 Å². The molecule has 0 saturated heterocycles. The second-order valence-corrected chi connectivity index (χ2v) is 5.70. The molecule has 0 spiro atoms. The topological polar surface area (TPSA) is 101 Å². The lowest BCUT2D eigenvalue weighted by Gasteiger charge is -2.09. The van der Waals surface area contributed by atoms with Crippen LogP contribution < -0.4 is 0 Å². The van der Waals surface area contributed by atoms with Gasteiger partial charge in [-0.1, -0.05) is 0 Å². The Kier molecular flexibility index (Phi) is 3.74. The Morgan fingerprint density at radius 2 is 1.89 bits per heavy atom. The molecule has 0 aliphatic heterocycles. The van der Waals surface area contributed by atoms with E-state index >= 15 is 0 Å². The number of hydrogen-bond donors (Lipinski definition) is 0. The van der Waals surface area contributed by atoms with Crippen molar-refractivity contribution < 1.29 is 26.5 Å². The molecule has 0 bridgehead atoms. The summed E-state index contributed by atoms with van der Waals surface area (Å²) >= 11 is 0. The molecule has 0 saturated carbocycles. The van der Waals surface area contributed by atoms with Crippen LogP contribution in [0.25, 0.3) is 0 Å². The van der Waals surface area contributed by atoms with Crippen molar-refractivity contribution in [2.45, 2.75) is 11.1 Å². The minimum absolute atomic E-state index is 0.0768. The van der Waals surface area contributed by atoms with Gasteiger partial charge in [-0.3, -0.25) is 10.1 Å². The molecule has 0 unspecified atom stereocenters. The highest BCUT2D eigenvalue weighted by Gasteiger charge is 2.40. The zero-order chi connectivity index (χ0) is 15.0. The number of alkyl halides is 3. The molecule has 0 fully saturated rings. The van der Waals surface area contributed by atoms with Gasteiger partial charge < -0.3 is 0 Å². The lowest BCUT2D eigenvalue weighted by atomic mass is 10.1. The average Bonchev–Trinajstić information content (AvgIpc) is 2.24. The fourth-order valence-electron chi connectivity index (χ4n) is 1.24. The van der Waals surface area contributed by atoms with Crippen LogP contribution in [-0.2, 0) is 15.2 Å². The van der Waals surface area contributed by atoms with E-state index in [4.69, 9.17) is 15.9 Å². The Bertz CT molecular complexity index is 693. The van der Waals surface area contributed by atoms with E-state index in [9.17, 15) is 31.7 Å². The summed E-state index contributed by atoms with van der Waals surface area (Å²) in [5.74, 6) is 0. The van der Waals surface area contributed by atoms with E-state index in [0.29, 0.717) is 0 Å². The molecular weight excluding hydrogens is 313 g/mol. The van der Waals surface area contributed by atoms with Gasteiger partial charge in [0.15, 0.2) is 0 Å². The lowest BCUT2D eigenvalue weighted by molar-refractivity contribution is -0.388. The Morgan fingerprint density at radius 1 is 1.37 bits per heavy atom. The predicted molar refractivity (Wildman–Crippen MR) is 55.9 cm³/mol. The Hall–Kier alpha value is -1.86. The van der Waals surface area contributed by atoms with Gasteiger partial charge in [0.1, 0.15) is 16.5 Å². The molecule has 19 heavy (non-hydrogen) atoms. The molecule has 11 heteroatoms. The summed E-state index contributed by atoms with van der Waals surface area (Å²) in [6, 6.07) is 1.39. The molecule has 1 aromatic carbocycles. The first-order valence-electron chi connectivity index (χ1n) is 4.23. The highest BCUT2D eigenvalue weighted by molar-refractivity contribution is 8.13. The second-order valence-electron chi connectivity index (χ2n) is 3.17. The molecule has 0 heterocycles. The summed E-state index contributed by atoms with van der Waals surface area (Å²) in [5, 5.41) is 19.1. The lowest BCUT2D eigenvalue weighted by Crippen LogP contribution is -2.11. The third-order valence-electron chi connectivity index (χ3n) is 1.98. The van der Waals surface area contributed by atoms with Crippen molar-refractivity contribution in [3.63, 3.8) is 0 Å². The van der Waals surface area contributed by atoms with E-state index < -0.39 is 41.9 Å². The maximum absolute atomic E-state index is 12.6. The van der Waals surface area contributed by atoms with E-state index in [0.717, 1.165) is 0 Å². The molecule has 0 aromatic heterocycles. The molecule has 0 amide bonds. The highest BCUT2D eigenvalue weighted by atomic mass is 35.7. The molecular formula is C8H2ClF3N2O4S. The van der Waals surface area contributed by atoms with Gasteiger partial charge in [0.25, 0.3) is 14.7 Å². The van der Waals surface area contributed by atoms with Crippen molar-refractivity contribution in [3.05, 3.63) is 33.4 Å². The number of hydrogen-bond acceptors (Lipinski definition) is 5. The van der Waals surface area contributed by atoms with E-state index in [1.165, 1.54) is 6.07 Å². The van der Waals surface area contributed by atoms with Crippen LogP contribution in [-0.4, -0.2) is 13.3 Å². The largest absolute Gasteiger partial charge is 0.423 e. The number of halogens is 4. The van der Waals surface area contributed by atoms with Gasteiger partial charge in [-0.15, -0.1) is 0 Å². The Balaban J connectivity index is 3.83. The summed E-state index contributed by atoms with van der Waals surface area (Å²) in [6.07, 6.45) is -5.11. The van der Waals surface area contributed by atoms with Gasteiger partial charge in [0, 0.05) is 16.7 Å². The van der Waals surface area contributed by atoms with E-state index in [1.54, 1.807) is 0 Å². The number of nitro benzene ring substituents is 1. The van der Waals surface area contributed by atoms with Crippen molar-refractivity contribution in [1.29, 1.82) is 5.26 Å². The predicted octanol–water partition coefficient (Wildman–Crippen LogP) is 2.41. The minimum atomic E-state index is -5.11. The first-order chi connectivity index (χ1) is 8.48. The van der Waals surface area contributed by atoms with Crippen LogP contribution in [0.3, 0.4) is 0 Å². The van der Waals surface area contributed by atoms with E-state index in [1.807, 2.05) is 0 Å². The Morgan fingerprint density at radius 3 is 2.21 bits per heavy atom. The maximum atomic E-state index is 12.6. The van der Waals surface area contributed by atoms with Gasteiger partial charge in [-0.05, 0) is 6.07 Å². The molecule has 102 valence electrons. The highest BCUT2D eigenvalue weighted by Crippen LogP contribution is 2.39. The first-order valence-corrected chi connectivity index (χ1v) is 6.54. The SMILES string of the molecule is N#Cc1cc(C(F)(F)F)c([N+](=O)[O-])cc1S(=O)(=O)Cl. The fourth-order valence-corrected chi connectivity index (χ4v) is 2.24. The third kappa shape index (κ3) is 3.12. The van der Waals surface area contributed by atoms with Crippen LogP contribution in [0.15, 0.2) is 17.0 Å². The van der Waals surface area contributed by atoms with Gasteiger partial charge in [-0.2, -0.15) is 18.4 Å². The van der Waals surface area contributed by atoms with Crippen LogP contribution in [0, 0.1) is 21.4 Å². The van der Waals surface area contributed by atoms with Crippen molar-refractivity contribution in [2.24, 2.45) is 0 Å². The van der Waals surface area contributed by atoms with Gasteiger partial charge in [-0.25, -0.2) is 8.42 Å². The standard InChI is InChI=1S/C8H2ClF3N2O4S/c9-19(17,18)7-2-6(14(15)16)5(8(10,11)12)1-4(7)3-13/h1-2H. The molecule has 1 aromatic rings. The number of rotatable bonds is 2. The molecule has 6 nitrogen and oxygen atoms in total. The summed E-state index contributed by atoms with van der Waals surface area (Å²) in [7, 11) is 0.317. The smallest absolute Gasteiger partial charge is 0.258 e.